The van der Waals surface area contributed by atoms with Gasteiger partial charge in [0.2, 0.25) is 0 Å². The highest BCUT2D eigenvalue weighted by Crippen LogP contribution is 2.43. The zero-order chi connectivity index (χ0) is 37.3. The Labute approximate surface area is 327 Å². The van der Waals surface area contributed by atoms with Crippen molar-refractivity contribution in [3.8, 4) is 50.2 Å². The summed E-state index contributed by atoms with van der Waals surface area (Å²) in [6, 6.07) is 83.0. The highest BCUT2D eigenvalue weighted by molar-refractivity contribution is 6.16. The van der Waals surface area contributed by atoms with Gasteiger partial charge in [0, 0.05) is 33.5 Å². The van der Waals surface area contributed by atoms with Gasteiger partial charge >= 0.3 is 0 Å². The summed E-state index contributed by atoms with van der Waals surface area (Å²) in [5, 5.41) is 2.46. The molecule has 0 spiro atoms. The monoisotopic (exact) mass is 714 g/mol. The van der Waals surface area contributed by atoms with Crippen LogP contribution in [0.5, 0.6) is 0 Å². The smallest absolute Gasteiger partial charge is 0.0562 e. The van der Waals surface area contributed by atoms with Gasteiger partial charge in [-0.25, -0.2) is 0 Å². The molecule has 10 aromatic rings. The van der Waals surface area contributed by atoms with Crippen LogP contribution >= 0.6 is 0 Å². The van der Waals surface area contributed by atoms with Crippen LogP contribution in [-0.4, -0.2) is 4.57 Å². The SMILES string of the molecule is c1ccc(-c2ccc(N(c3ccc(-c4ccccc4)cc3)c3ccc4c5c(-c6cccc(-c7ccccc7)c6)cccc5n(-c5ccccc5)c4c3)cc2)cc1. The summed E-state index contributed by atoms with van der Waals surface area (Å²) in [4.78, 5) is 2.38. The summed E-state index contributed by atoms with van der Waals surface area (Å²) in [7, 11) is 0. The van der Waals surface area contributed by atoms with Crippen LogP contribution in [0, 0.1) is 0 Å². The van der Waals surface area contributed by atoms with E-state index in [-0.39, 0.29) is 0 Å². The van der Waals surface area contributed by atoms with Crippen LogP contribution in [0.2, 0.25) is 0 Å². The largest absolute Gasteiger partial charge is 0.310 e. The van der Waals surface area contributed by atoms with E-state index < -0.39 is 0 Å². The molecule has 0 saturated carbocycles. The third-order valence-corrected chi connectivity index (χ3v) is 10.8. The van der Waals surface area contributed by atoms with Gasteiger partial charge in [-0.3, -0.25) is 0 Å². The first-order valence-corrected chi connectivity index (χ1v) is 19.2. The normalized spacial score (nSPS) is 11.2. The summed E-state index contributed by atoms with van der Waals surface area (Å²) in [6.45, 7) is 0. The topological polar surface area (TPSA) is 8.17 Å². The third-order valence-electron chi connectivity index (χ3n) is 10.8. The highest BCUT2D eigenvalue weighted by atomic mass is 15.1. The predicted octanol–water partition coefficient (Wildman–Crippen LogP) is 14.9. The standard InChI is InChI=1S/C54H38N2/c1-5-15-39(16-6-1)42-27-31-47(32-28-42)55(48-33-29-43(30-34-48)40-17-7-2-8-18-40)49-35-36-51-53(38-49)56(46-23-11-4-12-24-46)52-26-14-25-50(54(51)52)45-22-13-21-44(37-45)41-19-9-3-10-20-41/h1-38H. The second-order valence-electron chi connectivity index (χ2n) is 14.2. The molecule has 0 fully saturated rings. The molecular formula is C54H38N2. The molecule has 0 amide bonds. The van der Waals surface area contributed by atoms with Crippen molar-refractivity contribution in [3.05, 3.63) is 231 Å². The van der Waals surface area contributed by atoms with Crippen LogP contribution in [0.1, 0.15) is 0 Å². The molecule has 0 N–H and O–H groups in total. The van der Waals surface area contributed by atoms with E-state index in [0.29, 0.717) is 0 Å². The molecule has 0 saturated heterocycles. The molecular weight excluding hydrogens is 677 g/mol. The number of para-hydroxylation sites is 1. The first-order valence-electron chi connectivity index (χ1n) is 19.2. The summed E-state index contributed by atoms with van der Waals surface area (Å²) in [5.41, 5.74) is 16.4. The van der Waals surface area contributed by atoms with E-state index >= 15 is 0 Å². The van der Waals surface area contributed by atoms with E-state index in [0.717, 1.165) is 28.3 Å². The van der Waals surface area contributed by atoms with Crippen molar-refractivity contribution < 1.29 is 0 Å². The lowest BCUT2D eigenvalue weighted by molar-refractivity contribution is 1.18. The summed E-state index contributed by atoms with van der Waals surface area (Å²) < 4.78 is 2.42. The number of hydrogen-bond donors (Lipinski definition) is 0. The van der Waals surface area contributed by atoms with Crippen molar-refractivity contribution in [3.63, 3.8) is 0 Å². The minimum Gasteiger partial charge on any atom is -0.310 e. The Kier molecular flexibility index (Phi) is 8.55. The van der Waals surface area contributed by atoms with E-state index in [9.17, 15) is 0 Å². The number of nitrogens with zero attached hydrogens (tertiary/aromatic N) is 2. The van der Waals surface area contributed by atoms with Gasteiger partial charge in [0.15, 0.2) is 0 Å². The van der Waals surface area contributed by atoms with Gasteiger partial charge in [0.05, 0.1) is 11.0 Å². The Bertz CT molecular complexity index is 2830. The second-order valence-corrected chi connectivity index (χ2v) is 14.2. The summed E-state index contributed by atoms with van der Waals surface area (Å²) in [6.07, 6.45) is 0. The fourth-order valence-corrected chi connectivity index (χ4v) is 8.10. The highest BCUT2D eigenvalue weighted by Gasteiger charge is 2.20. The van der Waals surface area contributed by atoms with Gasteiger partial charge in [-0.15, -0.1) is 0 Å². The maximum atomic E-state index is 2.42. The molecule has 0 atom stereocenters. The van der Waals surface area contributed by atoms with E-state index in [2.05, 4.69) is 240 Å². The zero-order valence-electron chi connectivity index (χ0n) is 30.8. The Hall–Kier alpha value is -7.42. The van der Waals surface area contributed by atoms with Crippen LogP contribution in [-0.2, 0) is 0 Å². The van der Waals surface area contributed by atoms with E-state index in [1.165, 1.54) is 60.8 Å². The number of benzene rings is 9. The Morgan fingerprint density at radius 3 is 1.30 bits per heavy atom. The van der Waals surface area contributed by atoms with Gasteiger partial charge in [-0.05, 0) is 105 Å². The first-order chi connectivity index (χ1) is 27.8. The minimum absolute atomic E-state index is 1.09. The van der Waals surface area contributed by atoms with Crippen LogP contribution in [0.4, 0.5) is 17.1 Å². The molecule has 1 heterocycles. The Morgan fingerprint density at radius 1 is 0.286 bits per heavy atom. The molecule has 0 aliphatic heterocycles. The van der Waals surface area contributed by atoms with Crippen molar-refractivity contribution in [2.75, 3.05) is 4.90 Å². The van der Waals surface area contributed by atoms with Crippen LogP contribution in [0.15, 0.2) is 231 Å². The quantitative estimate of drug-likeness (QED) is 0.152. The van der Waals surface area contributed by atoms with Gasteiger partial charge < -0.3 is 9.47 Å². The fourth-order valence-electron chi connectivity index (χ4n) is 8.10. The summed E-state index contributed by atoms with van der Waals surface area (Å²) in [5.74, 6) is 0. The molecule has 1 aromatic heterocycles. The number of aromatic nitrogens is 1. The fraction of sp³-hybridized carbons (Fsp3) is 0. The Balaban J connectivity index is 1.17. The molecule has 2 heteroatoms. The van der Waals surface area contributed by atoms with E-state index in [4.69, 9.17) is 0 Å². The number of anilines is 3. The number of rotatable bonds is 8. The molecule has 0 aliphatic carbocycles. The predicted molar refractivity (Wildman–Crippen MR) is 237 cm³/mol. The molecule has 0 bridgehead atoms. The lowest BCUT2D eigenvalue weighted by atomic mass is 9.96. The van der Waals surface area contributed by atoms with Crippen LogP contribution in [0.3, 0.4) is 0 Å². The maximum Gasteiger partial charge on any atom is 0.0562 e. The number of hydrogen-bond acceptors (Lipinski definition) is 1. The maximum absolute atomic E-state index is 2.42. The minimum atomic E-state index is 1.09. The van der Waals surface area contributed by atoms with Crippen LogP contribution in [0.25, 0.3) is 72.0 Å². The lowest BCUT2D eigenvalue weighted by Gasteiger charge is -2.26. The number of fused-ring (bicyclic) bond motifs is 3. The van der Waals surface area contributed by atoms with Crippen molar-refractivity contribution >= 4 is 38.9 Å². The summed E-state index contributed by atoms with van der Waals surface area (Å²) >= 11 is 0. The molecule has 264 valence electrons. The molecule has 0 radical (unpaired) electrons. The van der Waals surface area contributed by atoms with E-state index in [1.807, 2.05) is 0 Å². The molecule has 0 unspecified atom stereocenters. The van der Waals surface area contributed by atoms with Gasteiger partial charge in [0.1, 0.15) is 0 Å². The van der Waals surface area contributed by atoms with Crippen LogP contribution < -0.4 is 4.90 Å². The Morgan fingerprint density at radius 2 is 0.732 bits per heavy atom. The average molecular weight is 715 g/mol. The van der Waals surface area contributed by atoms with Crippen molar-refractivity contribution in [2.24, 2.45) is 0 Å². The van der Waals surface area contributed by atoms with Gasteiger partial charge in [-0.2, -0.15) is 0 Å². The molecule has 56 heavy (non-hydrogen) atoms. The van der Waals surface area contributed by atoms with Crippen molar-refractivity contribution in [2.45, 2.75) is 0 Å². The molecule has 2 nitrogen and oxygen atoms in total. The first kappa shape index (κ1) is 33.2. The zero-order valence-corrected chi connectivity index (χ0v) is 30.8. The van der Waals surface area contributed by atoms with Crippen molar-refractivity contribution in [1.82, 2.24) is 4.57 Å². The molecule has 0 aliphatic rings. The van der Waals surface area contributed by atoms with Gasteiger partial charge in [0.25, 0.3) is 0 Å². The molecule has 10 rings (SSSR count). The van der Waals surface area contributed by atoms with Crippen molar-refractivity contribution in [1.29, 1.82) is 0 Å². The molecule has 9 aromatic carbocycles. The third kappa shape index (κ3) is 6.14. The van der Waals surface area contributed by atoms with Gasteiger partial charge in [-0.1, -0.05) is 170 Å². The van der Waals surface area contributed by atoms with E-state index in [1.54, 1.807) is 0 Å². The lowest BCUT2D eigenvalue weighted by Crippen LogP contribution is -2.10. The second kappa shape index (κ2) is 14.4. The average Bonchev–Trinajstić information content (AvgIpc) is 3.62.